The number of alkyl halides is 2. The van der Waals surface area contributed by atoms with Gasteiger partial charge in [0.1, 0.15) is 18.5 Å². The summed E-state index contributed by atoms with van der Waals surface area (Å²) in [6, 6.07) is 3.15. The average Bonchev–Trinajstić information content (AvgIpc) is 2.56. The molecule has 2 aromatic rings. The van der Waals surface area contributed by atoms with E-state index >= 15 is 0 Å². The lowest BCUT2D eigenvalue weighted by Gasteiger charge is -2.32. The molecule has 1 atom stereocenters. The number of aromatic nitrogens is 1. The number of benzene rings is 1. The van der Waals surface area contributed by atoms with Crippen LogP contribution in [0, 0.1) is 16.7 Å². The lowest BCUT2D eigenvalue weighted by atomic mass is 10.0. The highest BCUT2D eigenvalue weighted by Crippen LogP contribution is 2.37. The number of hydrogen-bond acceptors (Lipinski definition) is 5. The van der Waals surface area contributed by atoms with Gasteiger partial charge in [0.25, 0.3) is 5.92 Å². The molecule has 2 heterocycles. The Morgan fingerprint density at radius 2 is 2.29 bits per heavy atom. The number of nitro groups is 1. The van der Waals surface area contributed by atoms with Crippen molar-refractivity contribution in [2.45, 2.75) is 18.4 Å². The quantitative estimate of drug-likeness (QED) is 0.527. The molecule has 1 unspecified atom stereocenters. The highest BCUT2D eigenvalue weighted by molar-refractivity contribution is 5.97. The molecule has 124 valence electrons. The maximum atomic E-state index is 14.0. The van der Waals surface area contributed by atoms with Gasteiger partial charge in [0.15, 0.2) is 5.69 Å². The zero-order valence-electron chi connectivity index (χ0n) is 12.3. The van der Waals surface area contributed by atoms with E-state index in [1.807, 2.05) is 0 Å². The van der Waals surface area contributed by atoms with E-state index in [4.69, 9.17) is 11.3 Å². The van der Waals surface area contributed by atoms with Gasteiger partial charge in [-0.05, 0) is 18.6 Å². The number of halogens is 2. The van der Waals surface area contributed by atoms with Gasteiger partial charge >= 0.3 is 5.69 Å². The number of nitrogens with zero attached hydrogens (tertiary/aromatic N) is 3. The number of nitrogens with one attached hydrogen (secondary N) is 1. The molecule has 0 aliphatic carbocycles. The number of ether oxygens (including phenoxy) is 1. The van der Waals surface area contributed by atoms with Gasteiger partial charge in [-0.15, -0.1) is 0 Å². The Hall–Kier alpha value is -2.86. The molecule has 1 saturated heterocycles. The van der Waals surface area contributed by atoms with Crippen LogP contribution in [0.15, 0.2) is 24.4 Å². The second-order valence-electron chi connectivity index (χ2n) is 5.39. The Kier molecular flexibility index (Phi) is 3.99. The van der Waals surface area contributed by atoms with E-state index in [1.54, 1.807) is 0 Å². The molecule has 0 spiro atoms. The van der Waals surface area contributed by atoms with Gasteiger partial charge in [-0.1, -0.05) is 6.07 Å². The van der Waals surface area contributed by atoms with Crippen molar-refractivity contribution in [1.29, 1.82) is 0 Å². The Labute approximate surface area is 135 Å². The fourth-order valence-corrected chi connectivity index (χ4v) is 2.60. The summed E-state index contributed by atoms with van der Waals surface area (Å²) in [5, 5.41) is 14.1. The second-order valence-corrected chi connectivity index (χ2v) is 5.39. The van der Waals surface area contributed by atoms with Gasteiger partial charge in [-0.25, -0.2) is 18.6 Å². The highest BCUT2D eigenvalue weighted by atomic mass is 19.3. The fraction of sp³-hybridized carbons (Fsp3) is 0.333. The third-order valence-corrected chi connectivity index (χ3v) is 3.83. The molecule has 9 heteroatoms. The zero-order chi connectivity index (χ0) is 17.3. The van der Waals surface area contributed by atoms with E-state index in [-0.39, 0.29) is 29.8 Å². The predicted molar refractivity (Wildman–Crippen MR) is 82.5 cm³/mol. The third kappa shape index (κ3) is 2.83. The van der Waals surface area contributed by atoms with Crippen molar-refractivity contribution >= 4 is 28.0 Å². The summed E-state index contributed by atoms with van der Waals surface area (Å²) in [6.07, 6.45) is 1.04. The standard InChI is InChI=1S/C15H12F2N4O3/c1-18-9-2-3-11-10(6-9)14(12(7-19-11)21(22)23)20-13-4-5-24-8-15(13,16)17/h2-3,6-7,13H,4-5,8H2,(H,19,20). The molecular weight excluding hydrogens is 322 g/mol. The Bertz CT molecular complexity index is 850. The van der Waals surface area contributed by atoms with E-state index < -0.39 is 29.2 Å². The van der Waals surface area contributed by atoms with Crippen LogP contribution in [-0.4, -0.2) is 35.1 Å². The average molecular weight is 334 g/mol. The van der Waals surface area contributed by atoms with Crippen LogP contribution >= 0.6 is 0 Å². The van der Waals surface area contributed by atoms with Gasteiger partial charge in [0.05, 0.1) is 23.1 Å². The molecule has 1 fully saturated rings. The van der Waals surface area contributed by atoms with Crippen molar-refractivity contribution < 1.29 is 18.4 Å². The van der Waals surface area contributed by atoms with Crippen LogP contribution in [0.4, 0.5) is 25.8 Å². The summed E-state index contributed by atoms with van der Waals surface area (Å²) >= 11 is 0. The maximum Gasteiger partial charge on any atom is 0.311 e. The van der Waals surface area contributed by atoms with Gasteiger partial charge in [-0.2, -0.15) is 0 Å². The first-order valence-corrected chi connectivity index (χ1v) is 7.09. The number of pyridine rings is 1. The van der Waals surface area contributed by atoms with Gasteiger partial charge in [0, 0.05) is 12.0 Å². The Morgan fingerprint density at radius 1 is 1.50 bits per heavy atom. The van der Waals surface area contributed by atoms with E-state index in [0.717, 1.165) is 6.20 Å². The van der Waals surface area contributed by atoms with Crippen molar-refractivity contribution in [3.8, 4) is 0 Å². The number of anilines is 1. The second kappa shape index (κ2) is 5.98. The van der Waals surface area contributed by atoms with E-state index in [0.29, 0.717) is 5.52 Å². The van der Waals surface area contributed by atoms with Gasteiger partial charge < -0.3 is 10.1 Å². The third-order valence-electron chi connectivity index (χ3n) is 3.83. The minimum absolute atomic E-state index is 0.0104. The van der Waals surface area contributed by atoms with Gasteiger partial charge in [0.2, 0.25) is 0 Å². The monoisotopic (exact) mass is 334 g/mol. The first-order chi connectivity index (χ1) is 11.4. The van der Waals surface area contributed by atoms with Crippen LogP contribution in [0.3, 0.4) is 0 Å². The largest absolute Gasteiger partial charge is 0.375 e. The van der Waals surface area contributed by atoms with Crippen LogP contribution in [0.2, 0.25) is 0 Å². The van der Waals surface area contributed by atoms with Crippen molar-refractivity contribution in [2.75, 3.05) is 18.5 Å². The molecule has 7 nitrogen and oxygen atoms in total. The SMILES string of the molecule is [C-]#[N+]c1ccc2ncc([N+](=O)[O-])c(NC3CCOCC3(F)F)c2c1. The van der Waals surface area contributed by atoms with Crippen LogP contribution < -0.4 is 5.32 Å². The molecule has 1 aliphatic heterocycles. The fourth-order valence-electron chi connectivity index (χ4n) is 2.60. The van der Waals surface area contributed by atoms with E-state index in [1.165, 1.54) is 18.2 Å². The smallest absolute Gasteiger partial charge is 0.311 e. The van der Waals surface area contributed by atoms with Crippen molar-refractivity contribution in [1.82, 2.24) is 4.98 Å². The molecule has 0 radical (unpaired) electrons. The molecule has 1 aromatic carbocycles. The number of hydrogen-bond donors (Lipinski definition) is 1. The minimum atomic E-state index is -3.15. The van der Waals surface area contributed by atoms with Crippen molar-refractivity contribution in [3.05, 3.63) is 45.9 Å². The molecule has 0 saturated carbocycles. The summed E-state index contributed by atoms with van der Waals surface area (Å²) in [5.41, 5.74) is 0.159. The lowest BCUT2D eigenvalue weighted by Crippen LogP contribution is -2.47. The molecule has 0 amide bonds. The summed E-state index contributed by atoms with van der Waals surface area (Å²) in [6.45, 7) is 6.45. The topological polar surface area (TPSA) is 81.7 Å². The Morgan fingerprint density at radius 3 is 2.96 bits per heavy atom. The number of fused-ring (bicyclic) bond motifs is 1. The Balaban J connectivity index is 2.14. The number of rotatable bonds is 3. The zero-order valence-corrected chi connectivity index (χ0v) is 12.3. The molecule has 3 rings (SSSR count). The van der Waals surface area contributed by atoms with E-state index in [2.05, 4.69) is 15.1 Å². The first-order valence-electron chi connectivity index (χ1n) is 7.09. The van der Waals surface area contributed by atoms with Crippen LogP contribution in [0.25, 0.3) is 15.7 Å². The van der Waals surface area contributed by atoms with Crippen molar-refractivity contribution in [3.63, 3.8) is 0 Å². The molecule has 24 heavy (non-hydrogen) atoms. The normalized spacial score (nSPS) is 19.6. The predicted octanol–water partition coefficient (Wildman–Crippen LogP) is 3.53. The molecule has 0 bridgehead atoms. The lowest BCUT2D eigenvalue weighted by molar-refractivity contribution is -0.384. The molecule has 1 N–H and O–H groups in total. The van der Waals surface area contributed by atoms with Crippen molar-refractivity contribution in [2.24, 2.45) is 0 Å². The van der Waals surface area contributed by atoms with Gasteiger partial charge in [-0.3, -0.25) is 10.1 Å². The van der Waals surface area contributed by atoms with E-state index in [9.17, 15) is 18.9 Å². The van der Waals surface area contributed by atoms with Crippen LogP contribution in [-0.2, 0) is 4.74 Å². The minimum Gasteiger partial charge on any atom is -0.375 e. The molecule has 1 aromatic heterocycles. The summed E-state index contributed by atoms with van der Waals surface area (Å²) in [4.78, 5) is 17.8. The molecular formula is C15H12F2N4O3. The first kappa shape index (κ1) is 16.0. The summed E-state index contributed by atoms with van der Waals surface area (Å²) in [7, 11) is 0. The maximum absolute atomic E-state index is 14.0. The molecule has 1 aliphatic rings. The van der Waals surface area contributed by atoms with Crippen LogP contribution in [0.5, 0.6) is 0 Å². The highest BCUT2D eigenvalue weighted by Gasteiger charge is 2.43. The summed E-state index contributed by atoms with van der Waals surface area (Å²) in [5.74, 6) is -3.15. The summed E-state index contributed by atoms with van der Waals surface area (Å²) < 4.78 is 32.8. The van der Waals surface area contributed by atoms with Crippen LogP contribution in [0.1, 0.15) is 6.42 Å².